The molecule has 0 radical (unpaired) electrons. The molecule has 0 saturated carbocycles. The van der Waals surface area contributed by atoms with Crippen LogP contribution in [-0.4, -0.2) is 16.1 Å². The van der Waals surface area contributed by atoms with Crippen molar-refractivity contribution in [3.05, 3.63) is 60.7 Å². The van der Waals surface area contributed by atoms with Gasteiger partial charge in [-0.15, -0.1) is 0 Å². The molecule has 1 N–H and O–H groups in total. The molecule has 0 aliphatic heterocycles. The number of fused-ring (bicyclic) bond motifs is 1. The molecule has 0 saturated heterocycles. The minimum absolute atomic E-state index is 0.00800. The van der Waals surface area contributed by atoms with Crippen molar-refractivity contribution < 1.29 is 14.3 Å². The summed E-state index contributed by atoms with van der Waals surface area (Å²) in [6.45, 7) is 3.57. The van der Waals surface area contributed by atoms with E-state index in [4.69, 9.17) is 9.52 Å². The van der Waals surface area contributed by atoms with Crippen molar-refractivity contribution in [1.29, 1.82) is 0 Å². The van der Waals surface area contributed by atoms with Crippen LogP contribution in [0.3, 0.4) is 0 Å². The Morgan fingerprint density at radius 1 is 1.10 bits per heavy atom. The van der Waals surface area contributed by atoms with E-state index >= 15 is 0 Å². The number of para-hydroxylation sites is 1. The predicted molar refractivity (Wildman–Crippen MR) is 76.1 cm³/mol. The summed E-state index contributed by atoms with van der Waals surface area (Å²) in [5.74, 6) is -0.610. The molecule has 3 rings (SSSR count). The first-order chi connectivity index (χ1) is 9.66. The third kappa shape index (κ3) is 1.97. The zero-order valence-corrected chi connectivity index (χ0v) is 10.5. The molecule has 0 atom stereocenters. The molecule has 0 amide bonds. The lowest BCUT2D eigenvalue weighted by Gasteiger charge is -2.00. The molecule has 0 unspecified atom stereocenters. The minimum atomic E-state index is -1.07. The second-order valence-electron chi connectivity index (χ2n) is 4.32. The van der Waals surface area contributed by atoms with Crippen LogP contribution in [0.4, 0.5) is 0 Å². The van der Waals surface area contributed by atoms with Gasteiger partial charge in [0.1, 0.15) is 5.52 Å². The van der Waals surface area contributed by atoms with E-state index in [1.807, 2.05) is 30.3 Å². The first-order valence-corrected chi connectivity index (χ1v) is 6.04. The Balaban J connectivity index is 2.19. The van der Waals surface area contributed by atoms with Crippen molar-refractivity contribution in [2.45, 2.75) is 0 Å². The highest BCUT2D eigenvalue weighted by Crippen LogP contribution is 2.29. The molecule has 1 heterocycles. The van der Waals surface area contributed by atoms with E-state index in [0.29, 0.717) is 22.6 Å². The Labute approximate surface area is 115 Å². The highest BCUT2D eigenvalue weighted by molar-refractivity contribution is 6.17. The third-order valence-corrected chi connectivity index (χ3v) is 3.02. The Hall–Kier alpha value is -2.88. The summed E-state index contributed by atoms with van der Waals surface area (Å²) >= 11 is 0. The fourth-order valence-electron chi connectivity index (χ4n) is 2.01. The second kappa shape index (κ2) is 4.66. The van der Waals surface area contributed by atoms with Crippen molar-refractivity contribution >= 4 is 22.6 Å². The monoisotopic (exact) mass is 265 g/mol. The van der Waals surface area contributed by atoms with Gasteiger partial charge in [0, 0.05) is 11.1 Å². The molecule has 0 spiro atoms. The summed E-state index contributed by atoms with van der Waals surface area (Å²) in [5, 5.41) is 9.06. The number of carboxylic acids is 1. The molecule has 0 aliphatic carbocycles. The fourth-order valence-corrected chi connectivity index (χ4v) is 2.01. The molecular formula is C16H11NO3. The number of hydrogen-bond acceptors (Lipinski definition) is 3. The van der Waals surface area contributed by atoms with Gasteiger partial charge in [0.15, 0.2) is 5.58 Å². The zero-order chi connectivity index (χ0) is 14.1. The molecule has 0 fully saturated rings. The normalized spacial score (nSPS) is 10.6. The number of oxazole rings is 1. The third-order valence-electron chi connectivity index (χ3n) is 3.02. The number of nitrogens with zero attached hydrogens (tertiary/aromatic N) is 1. The van der Waals surface area contributed by atoms with Crippen LogP contribution < -0.4 is 0 Å². The smallest absolute Gasteiger partial charge is 0.335 e. The summed E-state index contributed by atoms with van der Waals surface area (Å²) in [7, 11) is 0. The van der Waals surface area contributed by atoms with Gasteiger partial charge < -0.3 is 9.52 Å². The standard InChI is InChI=1S/C16H11NO3/c1-10(16(18)19)12-8-5-9-13-14(12)20-15(17-13)11-6-3-2-4-7-11/h2-9H,1H2,(H,18,19). The van der Waals surface area contributed by atoms with Crippen LogP contribution in [0.25, 0.3) is 28.1 Å². The van der Waals surface area contributed by atoms with Gasteiger partial charge in [-0.25, -0.2) is 9.78 Å². The lowest BCUT2D eigenvalue weighted by Crippen LogP contribution is -1.97. The Kier molecular flexibility index (Phi) is 2.84. The highest BCUT2D eigenvalue weighted by Gasteiger charge is 2.16. The van der Waals surface area contributed by atoms with Gasteiger partial charge in [0.05, 0.1) is 5.57 Å². The van der Waals surface area contributed by atoms with Crippen molar-refractivity contribution in [2.75, 3.05) is 0 Å². The van der Waals surface area contributed by atoms with E-state index in [9.17, 15) is 4.79 Å². The van der Waals surface area contributed by atoms with Crippen LogP contribution in [-0.2, 0) is 4.79 Å². The largest absolute Gasteiger partial charge is 0.478 e. The average molecular weight is 265 g/mol. The number of aromatic nitrogens is 1. The van der Waals surface area contributed by atoms with E-state index < -0.39 is 5.97 Å². The van der Waals surface area contributed by atoms with Gasteiger partial charge >= 0.3 is 5.97 Å². The van der Waals surface area contributed by atoms with Gasteiger partial charge in [0.25, 0.3) is 0 Å². The Morgan fingerprint density at radius 2 is 1.85 bits per heavy atom. The number of rotatable bonds is 3. The molecule has 0 bridgehead atoms. The average Bonchev–Trinajstić information content (AvgIpc) is 2.91. The number of carboxylic acid groups (broad SMARTS) is 1. The SMILES string of the molecule is C=C(C(=O)O)c1cccc2nc(-c3ccccc3)oc12. The lowest BCUT2D eigenvalue weighted by molar-refractivity contribution is -0.130. The molecule has 0 aliphatic rings. The van der Waals surface area contributed by atoms with Gasteiger partial charge in [-0.1, -0.05) is 36.9 Å². The summed E-state index contributed by atoms with van der Waals surface area (Å²) in [6.07, 6.45) is 0. The zero-order valence-electron chi connectivity index (χ0n) is 10.5. The topological polar surface area (TPSA) is 63.3 Å². The maximum Gasteiger partial charge on any atom is 0.335 e. The molecule has 4 heteroatoms. The molecule has 3 aromatic rings. The van der Waals surface area contributed by atoms with E-state index in [1.165, 1.54) is 0 Å². The first-order valence-electron chi connectivity index (χ1n) is 6.04. The molecular weight excluding hydrogens is 254 g/mol. The first kappa shape index (κ1) is 12.2. The fraction of sp³-hybridized carbons (Fsp3) is 0. The number of hydrogen-bond donors (Lipinski definition) is 1. The maximum absolute atomic E-state index is 11.1. The molecule has 2 aromatic carbocycles. The molecule has 98 valence electrons. The van der Waals surface area contributed by atoms with E-state index in [-0.39, 0.29) is 5.57 Å². The van der Waals surface area contributed by atoms with Crippen LogP contribution in [0.1, 0.15) is 5.56 Å². The maximum atomic E-state index is 11.1. The highest BCUT2D eigenvalue weighted by atomic mass is 16.4. The summed E-state index contributed by atoms with van der Waals surface area (Å²) in [6, 6.07) is 14.6. The predicted octanol–water partition coefficient (Wildman–Crippen LogP) is 3.59. The Bertz CT molecular complexity index is 803. The number of aliphatic carboxylic acids is 1. The minimum Gasteiger partial charge on any atom is -0.478 e. The van der Waals surface area contributed by atoms with Crippen LogP contribution in [0.2, 0.25) is 0 Å². The van der Waals surface area contributed by atoms with Crippen LogP contribution in [0.15, 0.2) is 59.5 Å². The van der Waals surface area contributed by atoms with E-state index in [0.717, 1.165) is 5.56 Å². The van der Waals surface area contributed by atoms with Crippen LogP contribution >= 0.6 is 0 Å². The molecule has 1 aromatic heterocycles. The van der Waals surface area contributed by atoms with E-state index in [1.54, 1.807) is 18.2 Å². The summed E-state index contributed by atoms with van der Waals surface area (Å²) in [4.78, 5) is 15.4. The number of benzene rings is 2. The second-order valence-corrected chi connectivity index (χ2v) is 4.32. The molecule has 4 nitrogen and oxygen atoms in total. The van der Waals surface area contributed by atoms with Gasteiger partial charge in [-0.05, 0) is 18.2 Å². The van der Waals surface area contributed by atoms with Crippen molar-refractivity contribution in [1.82, 2.24) is 4.98 Å². The molecule has 20 heavy (non-hydrogen) atoms. The summed E-state index contributed by atoms with van der Waals surface area (Å²) < 4.78 is 5.72. The van der Waals surface area contributed by atoms with Crippen LogP contribution in [0.5, 0.6) is 0 Å². The quantitative estimate of drug-likeness (QED) is 0.735. The van der Waals surface area contributed by atoms with Crippen molar-refractivity contribution in [3.63, 3.8) is 0 Å². The summed E-state index contributed by atoms with van der Waals surface area (Å²) in [5.41, 5.74) is 2.34. The van der Waals surface area contributed by atoms with Gasteiger partial charge in [-0.2, -0.15) is 0 Å². The Morgan fingerprint density at radius 3 is 2.55 bits per heavy atom. The van der Waals surface area contributed by atoms with E-state index in [2.05, 4.69) is 11.6 Å². The van der Waals surface area contributed by atoms with Gasteiger partial charge in [0.2, 0.25) is 5.89 Å². The lowest BCUT2D eigenvalue weighted by atomic mass is 10.1. The number of carbonyl (C=O) groups is 1. The van der Waals surface area contributed by atoms with Crippen molar-refractivity contribution in [3.8, 4) is 11.5 Å². The van der Waals surface area contributed by atoms with Crippen molar-refractivity contribution in [2.24, 2.45) is 0 Å². The van der Waals surface area contributed by atoms with Gasteiger partial charge in [-0.3, -0.25) is 0 Å². The van der Waals surface area contributed by atoms with Crippen LogP contribution in [0, 0.1) is 0 Å².